The lowest BCUT2D eigenvalue weighted by Gasteiger charge is -2.29. The highest BCUT2D eigenvalue weighted by Gasteiger charge is 2.29. The van der Waals surface area contributed by atoms with E-state index >= 15 is 0 Å². The molecule has 0 aliphatic carbocycles. The minimum absolute atomic E-state index is 0.194. The Balaban J connectivity index is 2.05. The molecule has 0 aromatic heterocycles. The molecule has 1 N–H and O–H groups in total. The van der Waals surface area contributed by atoms with Gasteiger partial charge in [0, 0.05) is 26.1 Å². The predicted octanol–water partition coefficient (Wildman–Crippen LogP) is 2.07. The first kappa shape index (κ1) is 18.0. The standard InChI is InChI=1S/C18H25N3O3/c1-3-4-11-20(12-15-7-5-14(2)6-8-15)17(23)13-21-16(22)9-10-19-18(21)24/h5-8H,3-4,9-13H2,1-2H3,(H,19,24). The first-order chi connectivity index (χ1) is 11.5. The van der Waals surface area contributed by atoms with E-state index in [1.54, 1.807) is 4.90 Å². The van der Waals surface area contributed by atoms with Crippen LogP contribution in [0.4, 0.5) is 4.79 Å². The van der Waals surface area contributed by atoms with E-state index in [9.17, 15) is 14.4 Å². The SMILES string of the molecule is CCCCN(Cc1ccc(C)cc1)C(=O)CN1C(=O)CCNC1=O. The Morgan fingerprint density at radius 1 is 1.25 bits per heavy atom. The van der Waals surface area contributed by atoms with Gasteiger partial charge in [-0.3, -0.25) is 14.5 Å². The third-order valence-corrected chi connectivity index (χ3v) is 4.08. The summed E-state index contributed by atoms with van der Waals surface area (Å²) in [6, 6.07) is 7.55. The van der Waals surface area contributed by atoms with Gasteiger partial charge in [0.05, 0.1) is 0 Å². The van der Waals surface area contributed by atoms with Crippen molar-refractivity contribution in [1.29, 1.82) is 0 Å². The number of carbonyl (C=O) groups is 3. The minimum Gasteiger partial charge on any atom is -0.337 e. The molecule has 0 saturated carbocycles. The van der Waals surface area contributed by atoms with E-state index in [1.807, 2.05) is 31.2 Å². The lowest BCUT2D eigenvalue weighted by atomic mass is 10.1. The van der Waals surface area contributed by atoms with Crippen LogP contribution in [0.5, 0.6) is 0 Å². The first-order valence-electron chi connectivity index (χ1n) is 8.42. The molecule has 1 fully saturated rings. The topological polar surface area (TPSA) is 69.7 Å². The highest BCUT2D eigenvalue weighted by atomic mass is 16.2. The zero-order chi connectivity index (χ0) is 17.5. The lowest BCUT2D eigenvalue weighted by Crippen LogP contribution is -2.53. The van der Waals surface area contributed by atoms with Crippen molar-refractivity contribution in [3.63, 3.8) is 0 Å². The minimum atomic E-state index is -0.481. The number of imide groups is 1. The Labute approximate surface area is 142 Å². The zero-order valence-corrected chi connectivity index (χ0v) is 14.4. The van der Waals surface area contributed by atoms with Crippen LogP contribution in [0.2, 0.25) is 0 Å². The quantitative estimate of drug-likeness (QED) is 0.831. The summed E-state index contributed by atoms with van der Waals surface area (Å²) in [5, 5.41) is 2.60. The van der Waals surface area contributed by atoms with Gasteiger partial charge in [-0.25, -0.2) is 4.79 Å². The van der Waals surface area contributed by atoms with Gasteiger partial charge in [-0.1, -0.05) is 43.2 Å². The predicted molar refractivity (Wildman–Crippen MR) is 91.2 cm³/mol. The molecular weight excluding hydrogens is 306 g/mol. The summed E-state index contributed by atoms with van der Waals surface area (Å²) >= 11 is 0. The molecule has 130 valence electrons. The average molecular weight is 331 g/mol. The molecule has 0 bridgehead atoms. The number of amides is 4. The summed E-state index contributed by atoms with van der Waals surface area (Å²) in [5.74, 6) is -0.493. The van der Waals surface area contributed by atoms with Gasteiger partial charge in [-0.05, 0) is 18.9 Å². The summed E-state index contributed by atoms with van der Waals surface area (Å²) in [6.45, 7) is 5.33. The van der Waals surface area contributed by atoms with Crippen molar-refractivity contribution >= 4 is 17.8 Å². The molecule has 0 atom stereocenters. The Hall–Kier alpha value is -2.37. The number of hydrogen-bond acceptors (Lipinski definition) is 3. The molecule has 1 saturated heterocycles. The number of aryl methyl sites for hydroxylation is 1. The van der Waals surface area contributed by atoms with Crippen LogP contribution in [0, 0.1) is 6.92 Å². The number of unbranched alkanes of at least 4 members (excludes halogenated alkanes) is 1. The number of carbonyl (C=O) groups excluding carboxylic acids is 3. The van der Waals surface area contributed by atoms with Crippen LogP contribution in [-0.2, 0) is 16.1 Å². The van der Waals surface area contributed by atoms with Gasteiger partial charge in [0.2, 0.25) is 11.8 Å². The van der Waals surface area contributed by atoms with Crippen LogP contribution in [0.15, 0.2) is 24.3 Å². The summed E-state index contributed by atoms with van der Waals surface area (Å²) in [6.07, 6.45) is 2.10. The van der Waals surface area contributed by atoms with Crippen molar-refractivity contribution in [3.05, 3.63) is 35.4 Å². The Kier molecular flexibility index (Phi) is 6.35. The maximum absolute atomic E-state index is 12.6. The van der Waals surface area contributed by atoms with E-state index in [0.29, 0.717) is 19.6 Å². The second-order valence-corrected chi connectivity index (χ2v) is 6.12. The summed E-state index contributed by atoms with van der Waals surface area (Å²) < 4.78 is 0. The molecular formula is C18H25N3O3. The second kappa shape index (κ2) is 8.47. The first-order valence-corrected chi connectivity index (χ1v) is 8.42. The number of benzene rings is 1. The van der Waals surface area contributed by atoms with Crippen LogP contribution < -0.4 is 5.32 Å². The van der Waals surface area contributed by atoms with Gasteiger partial charge in [0.1, 0.15) is 6.54 Å². The van der Waals surface area contributed by atoms with Crippen molar-refractivity contribution in [3.8, 4) is 0 Å². The number of rotatable bonds is 7. The van der Waals surface area contributed by atoms with Crippen molar-refractivity contribution in [2.45, 2.75) is 39.7 Å². The summed E-state index contributed by atoms with van der Waals surface area (Å²) in [7, 11) is 0. The number of hydrogen-bond donors (Lipinski definition) is 1. The maximum atomic E-state index is 12.6. The Bertz CT molecular complexity index is 582. The van der Waals surface area contributed by atoms with Gasteiger partial charge in [-0.2, -0.15) is 0 Å². The molecule has 4 amide bonds. The molecule has 0 radical (unpaired) electrons. The van der Waals surface area contributed by atoms with Crippen LogP contribution in [0.3, 0.4) is 0 Å². The van der Waals surface area contributed by atoms with E-state index < -0.39 is 6.03 Å². The molecule has 1 aromatic rings. The van der Waals surface area contributed by atoms with Crippen LogP contribution in [0.1, 0.15) is 37.3 Å². The molecule has 2 rings (SSSR count). The van der Waals surface area contributed by atoms with Crippen molar-refractivity contribution in [2.75, 3.05) is 19.6 Å². The molecule has 6 nitrogen and oxygen atoms in total. The van der Waals surface area contributed by atoms with Crippen LogP contribution in [0.25, 0.3) is 0 Å². The third-order valence-electron chi connectivity index (χ3n) is 4.08. The van der Waals surface area contributed by atoms with Gasteiger partial charge < -0.3 is 10.2 Å². The zero-order valence-electron chi connectivity index (χ0n) is 14.4. The third kappa shape index (κ3) is 4.81. The van der Waals surface area contributed by atoms with E-state index in [4.69, 9.17) is 0 Å². The van der Waals surface area contributed by atoms with Gasteiger partial charge in [0.25, 0.3) is 0 Å². The number of nitrogens with zero attached hydrogens (tertiary/aromatic N) is 2. The molecule has 0 spiro atoms. The maximum Gasteiger partial charge on any atom is 0.324 e. The normalized spacial score (nSPS) is 14.5. The average Bonchev–Trinajstić information content (AvgIpc) is 2.56. The fraction of sp³-hybridized carbons (Fsp3) is 0.500. The van der Waals surface area contributed by atoms with Gasteiger partial charge >= 0.3 is 6.03 Å². The lowest BCUT2D eigenvalue weighted by molar-refractivity contribution is -0.139. The number of nitrogens with one attached hydrogen (secondary N) is 1. The largest absolute Gasteiger partial charge is 0.337 e. The van der Waals surface area contributed by atoms with E-state index in [0.717, 1.165) is 23.3 Å². The van der Waals surface area contributed by atoms with E-state index in [1.165, 1.54) is 5.56 Å². The molecule has 1 aliphatic heterocycles. The Morgan fingerprint density at radius 3 is 2.58 bits per heavy atom. The number of urea groups is 1. The fourth-order valence-electron chi connectivity index (χ4n) is 2.57. The molecule has 24 heavy (non-hydrogen) atoms. The molecule has 0 unspecified atom stereocenters. The molecule has 1 aromatic carbocycles. The smallest absolute Gasteiger partial charge is 0.324 e. The van der Waals surface area contributed by atoms with Crippen molar-refractivity contribution in [2.24, 2.45) is 0 Å². The van der Waals surface area contributed by atoms with Crippen molar-refractivity contribution < 1.29 is 14.4 Å². The molecule has 1 aliphatic rings. The van der Waals surface area contributed by atoms with Crippen LogP contribution in [-0.4, -0.2) is 47.3 Å². The highest BCUT2D eigenvalue weighted by molar-refractivity contribution is 6.00. The molecule has 6 heteroatoms. The van der Waals surface area contributed by atoms with E-state index in [-0.39, 0.29) is 24.8 Å². The second-order valence-electron chi connectivity index (χ2n) is 6.12. The highest BCUT2D eigenvalue weighted by Crippen LogP contribution is 2.10. The van der Waals surface area contributed by atoms with Crippen molar-refractivity contribution in [1.82, 2.24) is 15.1 Å². The molecule has 1 heterocycles. The van der Waals surface area contributed by atoms with Gasteiger partial charge in [0.15, 0.2) is 0 Å². The summed E-state index contributed by atoms with van der Waals surface area (Å²) in [4.78, 5) is 39.0. The monoisotopic (exact) mass is 331 g/mol. The van der Waals surface area contributed by atoms with E-state index in [2.05, 4.69) is 12.2 Å². The fourth-order valence-corrected chi connectivity index (χ4v) is 2.57. The van der Waals surface area contributed by atoms with Crippen LogP contribution >= 0.6 is 0 Å². The Morgan fingerprint density at radius 2 is 1.96 bits per heavy atom. The van der Waals surface area contributed by atoms with Gasteiger partial charge in [-0.15, -0.1) is 0 Å². The summed E-state index contributed by atoms with van der Waals surface area (Å²) in [5.41, 5.74) is 2.21.